The summed E-state index contributed by atoms with van der Waals surface area (Å²) in [4.78, 5) is 0. The Morgan fingerprint density at radius 1 is 1.12 bits per heavy atom. The van der Waals surface area contributed by atoms with Gasteiger partial charge in [0.05, 0.1) is 0 Å². The van der Waals surface area contributed by atoms with Crippen molar-refractivity contribution in [1.29, 1.82) is 0 Å². The first kappa shape index (κ1) is 10.6. The molecule has 1 aromatic carbocycles. The first-order valence-electron chi connectivity index (χ1n) is 5.43. The molecule has 0 bridgehead atoms. The first-order chi connectivity index (χ1) is 7.86. The van der Waals surface area contributed by atoms with Crippen molar-refractivity contribution in [2.45, 2.75) is 12.8 Å². The SMILES string of the molecule is CC(CNc1cccnn1)c1ccccc1. The predicted molar refractivity (Wildman–Crippen MR) is 65.4 cm³/mol. The first-order valence-corrected chi connectivity index (χ1v) is 5.43. The summed E-state index contributed by atoms with van der Waals surface area (Å²) in [6, 6.07) is 14.2. The van der Waals surface area contributed by atoms with Crippen molar-refractivity contribution >= 4 is 5.82 Å². The van der Waals surface area contributed by atoms with Gasteiger partial charge in [0, 0.05) is 12.7 Å². The van der Waals surface area contributed by atoms with E-state index in [0.29, 0.717) is 5.92 Å². The molecule has 0 saturated heterocycles. The Labute approximate surface area is 95.5 Å². The molecular weight excluding hydrogens is 198 g/mol. The molecule has 3 nitrogen and oxygen atoms in total. The molecule has 16 heavy (non-hydrogen) atoms. The van der Waals surface area contributed by atoms with E-state index >= 15 is 0 Å². The van der Waals surface area contributed by atoms with E-state index in [1.54, 1.807) is 6.20 Å². The van der Waals surface area contributed by atoms with Gasteiger partial charge >= 0.3 is 0 Å². The number of benzene rings is 1. The zero-order valence-electron chi connectivity index (χ0n) is 9.30. The molecule has 3 heteroatoms. The van der Waals surface area contributed by atoms with Gasteiger partial charge < -0.3 is 5.32 Å². The van der Waals surface area contributed by atoms with Gasteiger partial charge in [-0.25, -0.2) is 0 Å². The monoisotopic (exact) mass is 213 g/mol. The average molecular weight is 213 g/mol. The number of nitrogens with zero attached hydrogens (tertiary/aromatic N) is 2. The maximum Gasteiger partial charge on any atom is 0.148 e. The van der Waals surface area contributed by atoms with Crippen LogP contribution in [0.4, 0.5) is 5.82 Å². The second-order valence-electron chi connectivity index (χ2n) is 3.80. The van der Waals surface area contributed by atoms with Crippen LogP contribution in [0, 0.1) is 0 Å². The fourth-order valence-electron chi connectivity index (χ4n) is 1.55. The maximum atomic E-state index is 3.98. The van der Waals surface area contributed by atoms with Crippen LogP contribution in [0.15, 0.2) is 48.7 Å². The van der Waals surface area contributed by atoms with Gasteiger partial charge in [0.2, 0.25) is 0 Å². The Morgan fingerprint density at radius 2 is 1.94 bits per heavy atom. The van der Waals surface area contributed by atoms with Gasteiger partial charge in [-0.15, -0.1) is 5.10 Å². The molecule has 2 aromatic rings. The summed E-state index contributed by atoms with van der Waals surface area (Å²) in [7, 11) is 0. The molecule has 1 heterocycles. The third-order valence-electron chi connectivity index (χ3n) is 2.53. The number of nitrogens with one attached hydrogen (secondary N) is 1. The second-order valence-corrected chi connectivity index (χ2v) is 3.80. The summed E-state index contributed by atoms with van der Waals surface area (Å²) in [5, 5.41) is 11.1. The summed E-state index contributed by atoms with van der Waals surface area (Å²) < 4.78 is 0. The van der Waals surface area contributed by atoms with Crippen LogP contribution in [0.5, 0.6) is 0 Å². The highest BCUT2D eigenvalue weighted by Crippen LogP contribution is 2.14. The number of aromatic nitrogens is 2. The van der Waals surface area contributed by atoms with Crippen molar-refractivity contribution < 1.29 is 0 Å². The van der Waals surface area contributed by atoms with Gasteiger partial charge in [0.1, 0.15) is 5.82 Å². The Morgan fingerprint density at radius 3 is 2.62 bits per heavy atom. The van der Waals surface area contributed by atoms with Gasteiger partial charge in [-0.2, -0.15) is 5.10 Å². The lowest BCUT2D eigenvalue weighted by Gasteiger charge is -2.12. The van der Waals surface area contributed by atoms with E-state index in [1.165, 1.54) is 5.56 Å². The molecule has 1 unspecified atom stereocenters. The molecule has 0 saturated carbocycles. The minimum Gasteiger partial charge on any atom is -0.368 e. The van der Waals surface area contributed by atoms with Crippen molar-refractivity contribution in [3.8, 4) is 0 Å². The topological polar surface area (TPSA) is 37.8 Å². The highest BCUT2D eigenvalue weighted by molar-refractivity contribution is 5.32. The molecule has 0 aliphatic carbocycles. The van der Waals surface area contributed by atoms with Crippen LogP contribution < -0.4 is 5.32 Å². The molecule has 1 aromatic heterocycles. The van der Waals surface area contributed by atoms with Gasteiger partial charge in [-0.3, -0.25) is 0 Å². The largest absolute Gasteiger partial charge is 0.368 e. The van der Waals surface area contributed by atoms with Crippen LogP contribution in [0.2, 0.25) is 0 Å². The summed E-state index contributed by atoms with van der Waals surface area (Å²) in [5.41, 5.74) is 1.33. The second kappa shape index (κ2) is 5.26. The Balaban J connectivity index is 1.92. The van der Waals surface area contributed by atoms with Crippen LogP contribution >= 0.6 is 0 Å². The molecular formula is C13H15N3. The zero-order chi connectivity index (χ0) is 11.2. The molecule has 0 fully saturated rings. The fraction of sp³-hybridized carbons (Fsp3) is 0.231. The van der Waals surface area contributed by atoms with Crippen molar-refractivity contribution in [1.82, 2.24) is 10.2 Å². The maximum absolute atomic E-state index is 3.98. The molecule has 0 spiro atoms. The predicted octanol–water partition coefficient (Wildman–Crippen LogP) is 2.69. The summed E-state index contributed by atoms with van der Waals surface area (Å²) in [6.45, 7) is 3.06. The van der Waals surface area contributed by atoms with Crippen molar-refractivity contribution in [2.75, 3.05) is 11.9 Å². The Kier molecular flexibility index (Phi) is 3.49. The van der Waals surface area contributed by atoms with E-state index in [4.69, 9.17) is 0 Å². The average Bonchev–Trinajstić information content (AvgIpc) is 2.38. The summed E-state index contributed by atoms with van der Waals surface area (Å²) in [5.74, 6) is 1.29. The number of hydrogen-bond acceptors (Lipinski definition) is 3. The lowest BCUT2D eigenvalue weighted by Crippen LogP contribution is -2.10. The molecule has 82 valence electrons. The van der Waals surface area contributed by atoms with Crippen LogP contribution in [0.1, 0.15) is 18.4 Å². The van der Waals surface area contributed by atoms with E-state index < -0.39 is 0 Å². The molecule has 1 N–H and O–H groups in total. The molecule has 0 aliphatic heterocycles. The standard InChI is InChI=1S/C13H15N3/c1-11(12-6-3-2-4-7-12)10-14-13-8-5-9-15-16-13/h2-9,11H,10H2,1H3,(H,14,16). The minimum atomic E-state index is 0.461. The third-order valence-corrected chi connectivity index (χ3v) is 2.53. The van der Waals surface area contributed by atoms with Gasteiger partial charge in [-0.1, -0.05) is 37.3 Å². The summed E-state index contributed by atoms with van der Waals surface area (Å²) >= 11 is 0. The molecule has 0 radical (unpaired) electrons. The van der Waals surface area contributed by atoms with Crippen LogP contribution in [0.3, 0.4) is 0 Å². The van der Waals surface area contributed by atoms with Crippen LogP contribution in [0.25, 0.3) is 0 Å². The zero-order valence-corrected chi connectivity index (χ0v) is 9.30. The lowest BCUT2D eigenvalue weighted by molar-refractivity contribution is 0.798. The van der Waals surface area contributed by atoms with Crippen molar-refractivity contribution in [3.63, 3.8) is 0 Å². The normalized spacial score (nSPS) is 12.1. The molecule has 0 amide bonds. The smallest absolute Gasteiger partial charge is 0.148 e. The highest BCUT2D eigenvalue weighted by Gasteiger charge is 2.04. The van der Waals surface area contributed by atoms with E-state index in [0.717, 1.165) is 12.4 Å². The Bertz CT molecular complexity index is 414. The minimum absolute atomic E-state index is 0.461. The van der Waals surface area contributed by atoms with Gasteiger partial charge in [0.15, 0.2) is 0 Å². The van der Waals surface area contributed by atoms with Crippen molar-refractivity contribution in [3.05, 3.63) is 54.2 Å². The fourth-order valence-corrected chi connectivity index (χ4v) is 1.55. The molecule has 0 aliphatic rings. The van der Waals surface area contributed by atoms with E-state index in [-0.39, 0.29) is 0 Å². The quantitative estimate of drug-likeness (QED) is 0.848. The highest BCUT2D eigenvalue weighted by atomic mass is 15.2. The Hall–Kier alpha value is -1.90. The lowest BCUT2D eigenvalue weighted by atomic mass is 10.0. The number of rotatable bonds is 4. The number of hydrogen-bond donors (Lipinski definition) is 1. The van der Waals surface area contributed by atoms with Gasteiger partial charge in [-0.05, 0) is 23.6 Å². The van der Waals surface area contributed by atoms with E-state index in [2.05, 4.69) is 46.7 Å². The van der Waals surface area contributed by atoms with E-state index in [1.807, 2.05) is 18.2 Å². The molecule has 2 rings (SSSR count). The third kappa shape index (κ3) is 2.79. The van der Waals surface area contributed by atoms with Crippen molar-refractivity contribution in [2.24, 2.45) is 0 Å². The van der Waals surface area contributed by atoms with Crippen LogP contribution in [-0.2, 0) is 0 Å². The summed E-state index contributed by atoms with van der Waals surface area (Å²) in [6.07, 6.45) is 1.67. The molecule has 1 atom stereocenters. The van der Waals surface area contributed by atoms with E-state index in [9.17, 15) is 0 Å². The van der Waals surface area contributed by atoms with Crippen LogP contribution in [-0.4, -0.2) is 16.7 Å². The van der Waals surface area contributed by atoms with Gasteiger partial charge in [0.25, 0.3) is 0 Å². The number of anilines is 1.